The van der Waals surface area contributed by atoms with E-state index in [9.17, 15) is 27.9 Å². The Morgan fingerprint density at radius 3 is 2.49 bits per heavy atom. The lowest BCUT2D eigenvalue weighted by Gasteiger charge is -2.29. The van der Waals surface area contributed by atoms with Gasteiger partial charge in [0.2, 0.25) is 5.91 Å². The highest BCUT2D eigenvalue weighted by Crippen LogP contribution is 2.35. The molecule has 0 spiro atoms. The maximum Gasteiger partial charge on any atom is 0.416 e. The number of hydrogen-bond acceptors (Lipinski definition) is 3. The lowest BCUT2D eigenvalue weighted by Crippen LogP contribution is -2.50. The molecule has 0 saturated heterocycles. The van der Waals surface area contributed by atoms with Gasteiger partial charge in [-0.1, -0.05) is 50.2 Å². The second-order valence-electron chi connectivity index (χ2n) is 9.66. The maximum absolute atomic E-state index is 13.2. The second kappa shape index (κ2) is 10.7. The lowest BCUT2D eigenvalue weighted by atomic mass is 9.87. The lowest BCUT2D eigenvalue weighted by molar-refractivity contribution is -0.137. The summed E-state index contributed by atoms with van der Waals surface area (Å²) in [6.07, 6.45) is -1.83. The summed E-state index contributed by atoms with van der Waals surface area (Å²) in [6, 6.07) is 15.5. The Morgan fingerprint density at radius 1 is 1.00 bits per heavy atom. The Morgan fingerprint density at radius 2 is 1.76 bits per heavy atom. The Bertz CT molecular complexity index is 1300. The van der Waals surface area contributed by atoms with Gasteiger partial charge in [0.15, 0.2) is 0 Å². The highest BCUT2D eigenvalue weighted by atomic mass is 19.4. The molecule has 0 bridgehead atoms. The van der Waals surface area contributed by atoms with Crippen LogP contribution in [0.25, 0.3) is 11.1 Å². The minimum atomic E-state index is -4.54. The minimum Gasteiger partial charge on any atom is -0.507 e. The number of alkyl halides is 3. The molecular weight excluding hydrogens is 481 g/mol. The van der Waals surface area contributed by atoms with Gasteiger partial charge in [0.05, 0.1) is 11.6 Å². The number of hydrogen-bond donors (Lipinski definition) is 3. The number of carbonyl (C=O) groups excluding carboxylic acids is 2. The first kappa shape index (κ1) is 26.3. The number of aromatic hydroxyl groups is 1. The molecule has 0 heterocycles. The molecule has 194 valence electrons. The average molecular weight is 511 g/mol. The number of amides is 2. The van der Waals surface area contributed by atoms with E-state index >= 15 is 0 Å². The van der Waals surface area contributed by atoms with E-state index in [4.69, 9.17) is 0 Å². The van der Waals surface area contributed by atoms with Gasteiger partial charge in [-0.15, -0.1) is 0 Å². The first-order valence-corrected chi connectivity index (χ1v) is 12.2. The van der Waals surface area contributed by atoms with Crippen LogP contribution >= 0.6 is 0 Å². The molecule has 0 fully saturated rings. The van der Waals surface area contributed by atoms with Crippen LogP contribution in [0.1, 0.15) is 59.8 Å². The molecule has 3 aromatic carbocycles. The number of aryl methyl sites for hydroxylation is 1. The molecule has 5 nitrogen and oxygen atoms in total. The molecule has 2 atom stereocenters. The summed E-state index contributed by atoms with van der Waals surface area (Å²) < 4.78 is 39.5. The van der Waals surface area contributed by atoms with Gasteiger partial charge in [-0.05, 0) is 72.2 Å². The van der Waals surface area contributed by atoms with Crippen molar-refractivity contribution in [3.8, 4) is 16.9 Å². The number of phenolic OH excluding ortho intramolecular Hbond substituents is 1. The van der Waals surface area contributed by atoms with E-state index in [-0.39, 0.29) is 40.3 Å². The van der Waals surface area contributed by atoms with Crippen molar-refractivity contribution in [2.24, 2.45) is 5.92 Å². The van der Waals surface area contributed by atoms with Crippen LogP contribution in [0.5, 0.6) is 5.75 Å². The van der Waals surface area contributed by atoms with Crippen molar-refractivity contribution in [3.63, 3.8) is 0 Å². The van der Waals surface area contributed by atoms with Gasteiger partial charge < -0.3 is 15.7 Å². The predicted molar refractivity (Wildman–Crippen MR) is 135 cm³/mol. The van der Waals surface area contributed by atoms with Crippen LogP contribution in [0, 0.1) is 5.92 Å². The Kier molecular flexibility index (Phi) is 7.57. The van der Waals surface area contributed by atoms with Crippen LogP contribution < -0.4 is 10.6 Å². The molecule has 0 saturated carbocycles. The topological polar surface area (TPSA) is 78.4 Å². The van der Waals surface area contributed by atoms with Crippen LogP contribution in [-0.2, 0) is 17.4 Å². The SMILES string of the molecule is CC(C)[C@H](NC(=O)c1ccc(O)c(-c2cccc(C(F)(F)F)c2)c1)C(=O)NC1CCCc2ccccc21. The van der Waals surface area contributed by atoms with Gasteiger partial charge in [-0.25, -0.2) is 0 Å². The summed E-state index contributed by atoms with van der Waals surface area (Å²) in [4.78, 5) is 26.4. The number of phenols is 1. The molecule has 3 aromatic rings. The fraction of sp³-hybridized carbons (Fsp3) is 0.310. The van der Waals surface area contributed by atoms with Crippen LogP contribution in [0.4, 0.5) is 13.2 Å². The molecule has 4 rings (SSSR count). The zero-order valence-electron chi connectivity index (χ0n) is 20.6. The number of halogens is 3. The quantitative estimate of drug-likeness (QED) is 0.379. The number of fused-ring (bicyclic) bond motifs is 1. The van der Waals surface area contributed by atoms with E-state index < -0.39 is 23.7 Å². The summed E-state index contributed by atoms with van der Waals surface area (Å²) in [6.45, 7) is 3.65. The van der Waals surface area contributed by atoms with Crippen LogP contribution in [0.3, 0.4) is 0 Å². The molecule has 1 aliphatic carbocycles. The predicted octanol–water partition coefficient (Wildman–Crippen LogP) is 6.03. The average Bonchev–Trinajstić information content (AvgIpc) is 2.87. The highest BCUT2D eigenvalue weighted by Gasteiger charge is 2.31. The van der Waals surface area contributed by atoms with E-state index in [1.807, 2.05) is 32.0 Å². The molecule has 1 unspecified atom stereocenters. The summed E-state index contributed by atoms with van der Waals surface area (Å²) in [5.74, 6) is -1.35. The number of carbonyl (C=O) groups is 2. The smallest absolute Gasteiger partial charge is 0.416 e. The van der Waals surface area contributed by atoms with Crippen LogP contribution in [-0.4, -0.2) is 23.0 Å². The van der Waals surface area contributed by atoms with Crippen LogP contribution in [0.2, 0.25) is 0 Å². The number of rotatable bonds is 6. The van der Waals surface area contributed by atoms with Crippen molar-refractivity contribution in [1.82, 2.24) is 10.6 Å². The van der Waals surface area contributed by atoms with Crippen molar-refractivity contribution in [2.75, 3.05) is 0 Å². The first-order valence-electron chi connectivity index (χ1n) is 12.2. The number of benzene rings is 3. The Hall–Kier alpha value is -3.81. The van der Waals surface area contributed by atoms with Crippen molar-refractivity contribution in [3.05, 3.63) is 89.0 Å². The molecule has 3 N–H and O–H groups in total. The number of nitrogens with one attached hydrogen (secondary N) is 2. The monoisotopic (exact) mass is 510 g/mol. The third-order valence-electron chi connectivity index (χ3n) is 6.68. The zero-order chi connectivity index (χ0) is 26.7. The van der Waals surface area contributed by atoms with E-state index in [1.165, 1.54) is 35.9 Å². The van der Waals surface area contributed by atoms with E-state index in [0.29, 0.717) is 0 Å². The fourth-order valence-electron chi connectivity index (χ4n) is 4.70. The molecule has 2 amide bonds. The van der Waals surface area contributed by atoms with Crippen molar-refractivity contribution >= 4 is 11.8 Å². The van der Waals surface area contributed by atoms with Crippen molar-refractivity contribution in [1.29, 1.82) is 0 Å². The van der Waals surface area contributed by atoms with Crippen molar-refractivity contribution < 1.29 is 27.9 Å². The fourth-order valence-corrected chi connectivity index (χ4v) is 4.70. The molecule has 37 heavy (non-hydrogen) atoms. The highest BCUT2D eigenvalue weighted by molar-refractivity contribution is 5.99. The molecule has 0 radical (unpaired) electrons. The van der Waals surface area contributed by atoms with E-state index in [2.05, 4.69) is 16.7 Å². The summed E-state index contributed by atoms with van der Waals surface area (Å²) in [5.41, 5.74) is 1.75. The minimum absolute atomic E-state index is 0.0862. The van der Waals surface area contributed by atoms with E-state index in [0.717, 1.165) is 37.0 Å². The van der Waals surface area contributed by atoms with Gasteiger partial charge in [-0.3, -0.25) is 9.59 Å². The van der Waals surface area contributed by atoms with Gasteiger partial charge >= 0.3 is 6.18 Å². The molecule has 0 aliphatic heterocycles. The third-order valence-corrected chi connectivity index (χ3v) is 6.68. The van der Waals surface area contributed by atoms with Gasteiger partial charge in [0.1, 0.15) is 11.8 Å². The Balaban J connectivity index is 1.53. The Labute approximate surface area is 213 Å². The summed E-state index contributed by atoms with van der Waals surface area (Å²) >= 11 is 0. The summed E-state index contributed by atoms with van der Waals surface area (Å²) in [5, 5.41) is 16.2. The maximum atomic E-state index is 13.2. The second-order valence-corrected chi connectivity index (χ2v) is 9.66. The molecule has 0 aromatic heterocycles. The van der Waals surface area contributed by atoms with Crippen LogP contribution in [0.15, 0.2) is 66.7 Å². The van der Waals surface area contributed by atoms with E-state index in [1.54, 1.807) is 0 Å². The zero-order valence-corrected chi connectivity index (χ0v) is 20.6. The molecular formula is C29H29F3N2O3. The van der Waals surface area contributed by atoms with Crippen molar-refractivity contribution in [2.45, 2.75) is 51.4 Å². The standard InChI is InChI=1S/C29H29F3N2O3/c1-17(2)26(28(37)33-24-12-6-8-18-7-3-4-11-22(18)24)34-27(36)20-13-14-25(35)23(16-20)19-9-5-10-21(15-19)29(30,31)32/h3-5,7,9-11,13-17,24,26,35H,6,8,12H2,1-2H3,(H,33,37)(H,34,36)/t24?,26-/m0/s1. The largest absolute Gasteiger partial charge is 0.507 e. The third kappa shape index (κ3) is 5.96. The van der Waals surface area contributed by atoms with Gasteiger partial charge in [0, 0.05) is 11.1 Å². The van der Waals surface area contributed by atoms with Gasteiger partial charge in [-0.2, -0.15) is 13.2 Å². The molecule has 1 aliphatic rings. The first-order chi connectivity index (χ1) is 17.5. The van der Waals surface area contributed by atoms with Gasteiger partial charge in [0.25, 0.3) is 5.91 Å². The summed E-state index contributed by atoms with van der Waals surface area (Å²) in [7, 11) is 0. The normalized spacial score (nSPS) is 16.1. The molecule has 8 heteroatoms.